The van der Waals surface area contributed by atoms with Gasteiger partial charge in [0.1, 0.15) is 0 Å². The Labute approximate surface area is 229 Å². The molecular formula is C33H60O2S. The van der Waals surface area contributed by atoms with Crippen LogP contribution in [0.1, 0.15) is 172 Å². The maximum Gasteiger partial charge on any atom is 0.305 e. The Kier molecular flexibility index (Phi) is 25.1. The van der Waals surface area contributed by atoms with Crippen molar-refractivity contribution in [2.45, 2.75) is 174 Å². The number of carbonyl (C=O) groups is 1. The lowest BCUT2D eigenvalue weighted by molar-refractivity contribution is -0.143. The van der Waals surface area contributed by atoms with Crippen LogP contribution in [0.2, 0.25) is 0 Å². The monoisotopic (exact) mass is 520 g/mol. The summed E-state index contributed by atoms with van der Waals surface area (Å²) in [5.74, 6) is 0.0212. The molecule has 0 saturated heterocycles. The number of esters is 1. The number of hydrogen-bond donors (Lipinski definition) is 0. The first-order chi connectivity index (χ1) is 17.8. The Morgan fingerprint density at radius 2 is 1.06 bits per heavy atom. The van der Waals surface area contributed by atoms with Crippen molar-refractivity contribution >= 4 is 17.3 Å². The molecule has 1 aromatic heterocycles. The van der Waals surface area contributed by atoms with E-state index in [0.717, 1.165) is 12.8 Å². The van der Waals surface area contributed by atoms with E-state index in [-0.39, 0.29) is 5.97 Å². The van der Waals surface area contributed by atoms with Gasteiger partial charge >= 0.3 is 5.97 Å². The minimum atomic E-state index is 0.0212. The Hall–Kier alpha value is -0.830. The van der Waals surface area contributed by atoms with Crippen LogP contribution < -0.4 is 0 Å². The fourth-order valence-corrected chi connectivity index (χ4v) is 5.74. The van der Waals surface area contributed by atoms with Gasteiger partial charge in [0, 0.05) is 11.3 Å². The number of unbranched alkanes of at least 4 members (excludes halogenated alkanes) is 22. The summed E-state index contributed by atoms with van der Waals surface area (Å²) >= 11 is 1.90. The third-order valence-corrected chi connectivity index (χ3v) is 8.33. The number of aryl methyl sites for hydroxylation is 1. The molecule has 3 heteroatoms. The quantitative estimate of drug-likeness (QED) is 0.0811. The van der Waals surface area contributed by atoms with Crippen molar-refractivity contribution in [3.63, 3.8) is 0 Å². The lowest BCUT2D eigenvalue weighted by Crippen LogP contribution is -2.05. The van der Waals surface area contributed by atoms with Crippen LogP contribution in [0.25, 0.3) is 0 Å². The molecule has 0 N–H and O–H groups in total. The van der Waals surface area contributed by atoms with Gasteiger partial charge in [-0.05, 0) is 37.1 Å². The summed E-state index contributed by atoms with van der Waals surface area (Å²) in [4.78, 5) is 13.4. The van der Waals surface area contributed by atoms with Crippen molar-refractivity contribution in [1.82, 2.24) is 0 Å². The van der Waals surface area contributed by atoms with Crippen molar-refractivity contribution in [1.29, 1.82) is 0 Å². The van der Waals surface area contributed by atoms with Gasteiger partial charge in [-0.3, -0.25) is 4.79 Å². The normalized spacial score (nSPS) is 11.2. The minimum Gasteiger partial charge on any atom is -0.466 e. The molecule has 0 aliphatic rings. The highest BCUT2D eigenvalue weighted by Crippen LogP contribution is 2.16. The van der Waals surface area contributed by atoms with Gasteiger partial charge in [0.15, 0.2) is 0 Å². The molecule has 0 unspecified atom stereocenters. The fraction of sp³-hybridized carbons (Fsp3) is 0.848. The molecule has 0 bridgehead atoms. The van der Waals surface area contributed by atoms with E-state index in [9.17, 15) is 4.79 Å². The number of rotatable bonds is 28. The van der Waals surface area contributed by atoms with Gasteiger partial charge in [0.25, 0.3) is 0 Å². The van der Waals surface area contributed by atoms with Gasteiger partial charge in [-0.15, -0.1) is 11.3 Å². The molecule has 0 aromatic carbocycles. The van der Waals surface area contributed by atoms with E-state index in [1.54, 1.807) is 4.88 Å². The molecule has 0 spiro atoms. The molecule has 0 radical (unpaired) electrons. The Morgan fingerprint density at radius 3 is 1.53 bits per heavy atom. The first-order valence-corrected chi connectivity index (χ1v) is 16.9. The van der Waals surface area contributed by atoms with Crippen LogP contribution in [-0.4, -0.2) is 12.6 Å². The first-order valence-electron chi connectivity index (χ1n) is 16.0. The lowest BCUT2D eigenvalue weighted by Gasteiger charge is -2.06. The maximum atomic E-state index is 11.8. The summed E-state index contributed by atoms with van der Waals surface area (Å²) in [5, 5.41) is 2.19. The van der Waals surface area contributed by atoms with Crippen LogP contribution in [0.4, 0.5) is 0 Å². The van der Waals surface area contributed by atoms with Gasteiger partial charge in [-0.1, -0.05) is 148 Å². The van der Waals surface area contributed by atoms with E-state index in [0.29, 0.717) is 13.0 Å². The van der Waals surface area contributed by atoms with E-state index >= 15 is 0 Å². The second-order valence-electron chi connectivity index (χ2n) is 10.9. The molecule has 0 aliphatic carbocycles. The van der Waals surface area contributed by atoms with Crippen molar-refractivity contribution in [2.24, 2.45) is 0 Å². The third-order valence-electron chi connectivity index (χ3n) is 7.40. The second kappa shape index (κ2) is 27.2. The van der Waals surface area contributed by atoms with Crippen molar-refractivity contribution in [3.8, 4) is 0 Å². The van der Waals surface area contributed by atoms with Crippen LogP contribution in [-0.2, 0) is 16.0 Å². The van der Waals surface area contributed by atoms with Crippen LogP contribution >= 0.6 is 11.3 Å². The molecule has 1 rings (SSSR count). The van der Waals surface area contributed by atoms with Gasteiger partial charge in [0.05, 0.1) is 6.61 Å². The highest BCUT2D eigenvalue weighted by Gasteiger charge is 2.03. The summed E-state index contributed by atoms with van der Waals surface area (Å²) in [5.41, 5.74) is 0. The first kappa shape index (κ1) is 33.2. The summed E-state index contributed by atoms with van der Waals surface area (Å²) in [6.07, 6.45) is 33.9. The zero-order valence-electron chi connectivity index (χ0n) is 24.0. The van der Waals surface area contributed by atoms with Crippen LogP contribution in [0.5, 0.6) is 0 Å². The average molecular weight is 521 g/mol. The van der Waals surface area contributed by atoms with E-state index < -0.39 is 0 Å². The summed E-state index contributed by atoms with van der Waals surface area (Å²) in [6, 6.07) is 4.43. The van der Waals surface area contributed by atoms with E-state index in [1.165, 1.54) is 148 Å². The molecule has 0 fully saturated rings. The third kappa shape index (κ3) is 23.6. The van der Waals surface area contributed by atoms with Crippen molar-refractivity contribution in [3.05, 3.63) is 22.4 Å². The van der Waals surface area contributed by atoms with Gasteiger partial charge in [-0.2, -0.15) is 0 Å². The molecule has 0 aliphatic heterocycles. The predicted molar refractivity (Wildman–Crippen MR) is 160 cm³/mol. The Bertz CT molecular complexity index is 554. The molecular weight excluding hydrogens is 460 g/mol. The van der Waals surface area contributed by atoms with Crippen molar-refractivity contribution < 1.29 is 9.53 Å². The van der Waals surface area contributed by atoms with Crippen molar-refractivity contribution in [2.75, 3.05) is 6.61 Å². The largest absolute Gasteiger partial charge is 0.466 e. The minimum absolute atomic E-state index is 0.0212. The standard InChI is InChI=1S/C33H60O2S/c1-2-3-4-5-6-16-19-22-25-30-35-33(34)29-24-21-18-15-13-11-9-7-8-10-12-14-17-20-23-27-32-28-26-31-36-32/h26,28,31H,2-25,27,29-30H2,1H3. The second-order valence-corrected chi connectivity index (χ2v) is 12.0. The molecule has 36 heavy (non-hydrogen) atoms. The number of ether oxygens (including phenoxy) is 1. The Morgan fingerprint density at radius 1 is 0.611 bits per heavy atom. The van der Waals surface area contributed by atoms with E-state index in [1.807, 2.05) is 11.3 Å². The van der Waals surface area contributed by atoms with Gasteiger partial charge < -0.3 is 4.74 Å². The number of thiophene rings is 1. The average Bonchev–Trinajstić information content (AvgIpc) is 3.40. The highest BCUT2D eigenvalue weighted by molar-refractivity contribution is 7.09. The van der Waals surface area contributed by atoms with E-state index in [4.69, 9.17) is 4.74 Å². The number of carbonyl (C=O) groups excluding carboxylic acids is 1. The summed E-state index contributed by atoms with van der Waals surface area (Å²) in [7, 11) is 0. The zero-order valence-corrected chi connectivity index (χ0v) is 24.9. The zero-order chi connectivity index (χ0) is 25.8. The lowest BCUT2D eigenvalue weighted by atomic mass is 10.0. The van der Waals surface area contributed by atoms with Crippen LogP contribution in [0, 0.1) is 0 Å². The SMILES string of the molecule is CCCCCCCCCCCOC(=O)CCCCCCCCCCCCCCCCCc1cccs1. The fourth-order valence-electron chi connectivity index (χ4n) is 4.99. The highest BCUT2D eigenvalue weighted by atomic mass is 32.1. The topological polar surface area (TPSA) is 26.3 Å². The molecule has 1 aromatic rings. The predicted octanol–water partition coefficient (Wildman–Crippen LogP) is 11.6. The molecule has 1 heterocycles. The van der Waals surface area contributed by atoms with Gasteiger partial charge in [-0.25, -0.2) is 0 Å². The molecule has 0 atom stereocenters. The molecule has 210 valence electrons. The molecule has 2 nitrogen and oxygen atoms in total. The summed E-state index contributed by atoms with van der Waals surface area (Å²) < 4.78 is 5.40. The molecule has 0 amide bonds. The summed E-state index contributed by atoms with van der Waals surface area (Å²) in [6.45, 7) is 2.90. The maximum absolute atomic E-state index is 11.8. The smallest absolute Gasteiger partial charge is 0.305 e. The van der Waals surface area contributed by atoms with Crippen LogP contribution in [0.3, 0.4) is 0 Å². The van der Waals surface area contributed by atoms with Crippen LogP contribution in [0.15, 0.2) is 17.5 Å². The Balaban J connectivity index is 1.67. The molecule has 0 saturated carbocycles. The van der Waals surface area contributed by atoms with E-state index in [2.05, 4.69) is 24.4 Å². The number of hydrogen-bond acceptors (Lipinski definition) is 3. The van der Waals surface area contributed by atoms with Gasteiger partial charge in [0.2, 0.25) is 0 Å².